The first-order valence-electron chi connectivity index (χ1n) is 5.01. The van der Waals surface area contributed by atoms with Crippen molar-refractivity contribution in [3.8, 4) is 0 Å². The Morgan fingerprint density at radius 2 is 2.18 bits per heavy atom. The molecule has 0 fully saturated rings. The predicted molar refractivity (Wildman–Crippen MR) is 74.1 cm³/mol. The first-order valence-corrected chi connectivity index (χ1v) is 7.06. The standard InChI is InChI=1S/C12H10BrClFNS/c13-9-4-3-8(12(15)11(9)14)10(16)6-7-2-1-5-17-7/h1-5,10H,6,16H2. The number of rotatable bonds is 3. The molecule has 17 heavy (non-hydrogen) atoms. The molecule has 1 aromatic heterocycles. The summed E-state index contributed by atoms with van der Waals surface area (Å²) in [4.78, 5) is 1.14. The van der Waals surface area contributed by atoms with Crippen LogP contribution in [-0.2, 0) is 6.42 Å². The molecule has 0 amide bonds. The fourth-order valence-corrected chi connectivity index (χ4v) is 2.83. The van der Waals surface area contributed by atoms with Crippen molar-refractivity contribution in [2.24, 2.45) is 5.73 Å². The van der Waals surface area contributed by atoms with Gasteiger partial charge in [-0.05, 0) is 33.4 Å². The number of nitrogens with two attached hydrogens (primary N) is 1. The molecule has 2 aromatic rings. The summed E-state index contributed by atoms with van der Waals surface area (Å²) in [6.45, 7) is 0. The van der Waals surface area contributed by atoms with Gasteiger partial charge in [-0.15, -0.1) is 11.3 Å². The number of halogens is 3. The Kier molecular flexibility index (Phi) is 4.20. The smallest absolute Gasteiger partial charge is 0.147 e. The normalized spacial score (nSPS) is 12.7. The first-order chi connectivity index (χ1) is 8.09. The van der Waals surface area contributed by atoms with Crippen molar-refractivity contribution in [3.63, 3.8) is 0 Å². The summed E-state index contributed by atoms with van der Waals surface area (Å²) >= 11 is 10.6. The molecule has 2 rings (SSSR count). The van der Waals surface area contributed by atoms with Crippen LogP contribution >= 0.6 is 38.9 Å². The summed E-state index contributed by atoms with van der Waals surface area (Å²) in [5.41, 5.74) is 6.45. The lowest BCUT2D eigenvalue weighted by Crippen LogP contribution is -2.14. The first kappa shape index (κ1) is 13.0. The van der Waals surface area contributed by atoms with E-state index >= 15 is 0 Å². The van der Waals surface area contributed by atoms with Crippen molar-refractivity contribution >= 4 is 38.9 Å². The third-order valence-electron chi connectivity index (χ3n) is 2.47. The van der Waals surface area contributed by atoms with Gasteiger partial charge in [-0.25, -0.2) is 4.39 Å². The molecule has 0 saturated heterocycles. The van der Waals surface area contributed by atoms with E-state index in [4.69, 9.17) is 17.3 Å². The van der Waals surface area contributed by atoms with E-state index < -0.39 is 5.82 Å². The SMILES string of the molecule is NC(Cc1cccs1)c1ccc(Br)c(Cl)c1F. The lowest BCUT2D eigenvalue weighted by atomic mass is 10.0. The average molecular weight is 335 g/mol. The van der Waals surface area contributed by atoms with Gasteiger partial charge in [-0.2, -0.15) is 0 Å². The van der Waals surface area contributed by atoms with Gasteiger partial charge in [-0.3, -0.25) is 0 Å². The molecule has 0 spiro atoms. The van der Waals surface area contributed by atoms with Crippen LogP contribution in [0, 0.1) is 5.82 Å². The van der Waals surface area contributed by atoms with Crippen molar-refractivity contribution in [2.75, 3.05) is 0 Å². The van der Waals surface area contributed by atoms with E-state index in [0.717, 1.165) is 4.88 Å². The van der Waals surface area contributed by atoms with Gasteiger partial charge in [0, 0.05) is 27.4 Å². The fraction of sp³-hybridized carbons (Fsp3) is 0.167. The van der Waals surface area contributed by atoms with Crippen molar-refractivity contribution < 1.29 is 4.39 Å². The van der Waals surface area contributed by atoms with E-state index in [1.807, 2.05) is 17.5 Å². The molecule has 1 aromatic carbocycles. The van der Waals surface area contributed by atoms with Crippen molar-refractivity contribution in [2.45, 2.75) is 12.5 Å². The Labute approximate surface area is 117 Å². The van der Waals surface area contributed by atoms with Gasteiger partial charge in [-0.1, -0.05) is 23.7 Å². The van der Waals surface area contributed by atoms with Crippen LogP contribution in [0.3, 0.4) is 0 Å². The molecule has 0 radical (unpaired) electrons. The number of hydrogen-bond donors (Lipinski definition) is 1. The number of benzene rings is 1. The zero-order chi connectivity index (χ0) is 12.4. The maximum atomic E-state index is 13.9. The van der Waals surface area contributed by atoms with Crippen molar-refractivity contribution in [1.82, 2.24) is 0 Å². The Bertz CT molecular complexity index is 515. The van der Waals surface area contributed by atoms with Gasteiger partial charge in [0.1, 0.15) is 5.82 Å². The quantitative estimate of drug-likeness (QED) is 0.819. The highest BCUT2D eigenvalue weighted by Crippen LogP contribution is 2.31. The van der Waals surface area contributed by atoms with E-state index in [0.29, 0.717) is 16.5 Å². The summed E-state index contributed by atoms with van der Waals surface area (Å²) in [5.74, 6) is -0.440. The molecule has 1 nitrogen and oxygen atoms in total. The van der Waals surface area contributed by atoms with Crippen LogP contribution in [0.4, 0.5) is 4.39 Å². The van der Waals surface area contributed by atoms with Gasteiger partial charge in [0.15, 0.2) is 0 Å². The van der Waals surface area contributed by atoms with Crippen molar-refractivity contribution in [3.05, 3.63) is 55.4 Å². The summed E-state index contributed by atoms with van der Waals surface area (Å²) in [7, 11) is 0. The predicted octanol–water partition coefficient (Wildman–Crippen LogP) is 4.55. The molecule has 0 saturated carbocycles. The van der Waals surface area contributed by atoms with E-state index in [1.165, 1.54) is 0 Å². The second-order valence-corrected chi connectivity index (χ2v) is 5.92. The van der Waals surface area contributed by atoms with Crippen LogP contribution in [0.2, 0.25) is 5.02 Å². The van der Waals surface area contributed by atoms with E-state index in [1.54, 1.807) is 23.5 Å². The minimum atomic E-state index is -0.440. The molecular formula is C12H10BrClFNS. The maximum Gasteiger partial charge on any atom is 0.147 e. The van der Waals surface area contributed by atoms with Gasteiger partial charge < -0.3 is 5.73 Å². The minimum absolute atomic E-state index is 0.0872. The molecule has 5 heteroatoms. The molecule has 1 unspecified atom stereocenters. The van der Waals surface area contributed by atoms with Gasteiger partial charge in [0.2, 0.25) is 0 Å². The summed E-state index contributed by atoms with van der Waals surface area (Å²) in [6.07, 6.45) is 0.618. The Balaban J connectivity index is 2.25. The van der Waals surface area contributed by atoms with Crippen LogP contribution in [-0.4, -0.2) is 0 Å². The van der Waals surface area contributed by atoms with E-state index in [2.05, 4.69) is 15.9 Å². The van der Waals surface area contributed by atoms with Crippen molar-refractivity contribution in [1.29, 1.82) is 0 Å². The largest absolute Gasteiger partial charge is 0.324 e. The topological polar surface area (TPSA) is 26.0 Å². The zero-order valence-electron chi connectivity index (χ0n) is 8.79. The molecule has 1 atom stereocenters. The minimum Gasteiger partial charge on any atom is -0.324 e. The Morgan fingerprint density at radius 1 is 1.41 bits per heavy atom. The third kappa shape index (κ3) is 2.88. The average Bonchev–Trinajstić information content (AvgIpc) is 2.78. The van der Waals surface area contributed by atoms with Crippen LogP contribution in [0.15, 0.2) is 34.1 Å². The highest BCUT2D eigenvalue weighted by molar-refractivity contribution is 9.10. The van der Waals surface area contributed by atoms with Gasteiger partial charge in [0.05, 0.1) is 5.02 Å². The fourth-order valence-electron chi connectivity index (χ4n) is 1.58. The zero-order valence-corrected chi connectivity index (χ0v) is 11.9. The molecule has 2 N–H and O–H groups in total. The van der Waals surface area contributed by atoms with Gasteiger partial charge >= 0.3 is 0 Å². The Morgan fingerprint density at radius 3 is 2.82 bits per heavy atom. The monoisotopic (exact) mass is 333 g/mol. The molecule has 90 valence electrons. The molecule has 0 aliphatic carbocycles. The summed E-state index contributed by atoms with van der Waals surface area (Å²) < 4.78 is 14.4. The second kappa shape index (κ2) is 5.48. The third-order valence-corrected chi connectivity index (χ3v) is 4.62. The van der Waals surface area contributed by atoms with Gasteiger partial charge in [0.25, 0.3) is 0 Å². The molecular weight excluding hydrogens is 325 g/mol. The lowest BCUT2D eigenvalue weighted by molar-refractivity contribution is 0.581. The van der Waals surface area contributed by atoms with E-state index in [9.17, 15) is 4.39 Å². The summed E-state index contributed by atoms with van der Waals surface area (Å²) in [6, 6.07) is 6.96. The summed E-state index contributed by atoms with van der Waals surface area (Å²) in [5, 5.41) is 2.07. The highest BCUT2D eigenvalue weighted by Gasteiger charge is 2.16. The van der Waals surface area contributed by atoms with E-state index in [-0.39, 0.29) is 11.1 Å². The highest BCUT2D eigenvalue weighted by atomic mass is 79.9. The molecule has 0 bridgehead atoms. The second-order valence-electron chi connectivity index (χ2n) is 3.65. The molecule has 0 aliphatic heterocycles. The lowest BCUT2D eigenvalue weighted by Gasteiger charge is -2.13. The van der Waals surface area contributed by atoms with Crippen LogP contribution in [0.5, 0.6) is 0 Å². The number of hydrogen-bond acceptors (Lipinski definition) is 2. The van der Waals surface area contributed by atoms with Crippen LogP contribution < -0.4 is 5.73 Å². The molecule has 1 heterocycles. The Hall–Kier alpha value is -0.420. The number of thiophene rings is 1. The van der Waals surface area contributed by atoms with Crippen LogP contribution in [0.25, 0.3) is 0 Å². The van der Waals surface area contributed by atoms with Crippen LogP contribution in [0.1, 0.15) is 16.5 Å². The maximum absolute atomic E-state index is 13.9. The molecule has 0 aliphatic rings.